The van der Waals surface area contributed by atoms with E-state index in [4.69, 9.17) is 5.26 Å². The predicted molar refractivity (Wildman–Crippen MR) is 57.7 cm³/mol. The highest BCUT2D eigenvalue weighted by Gasteiger charge is 2.19. The van der Waals surface area contributed by atoms with Crippen LogP contribution in [0.5, 0.6) is 0 Å². The van der Waals surface area contributed by atoms with Crippen molar-refractivity contribution in [3.05, 3.63) is 16.1 Å². The zero-order valence-corrected chi connectivity index (χ0v) is 10.0. The third-order valence-electron chi connectivity index (χ3n) is 1.77. The summed E-state index contributed by atoms with van der Waals surface area (Å²) in [5, 5.41) is 10.1. The van der Waals surface area contributed by atoms with E-state index in [0.29, 0.717) is 5.69 Å². The zero-order valence-electron chi connectivity index (χ0n) is 8.39. The first-order valence-electron chi connectivity index (χ1n) is 4.25. The van der Waals surface area contributed by atoms with Crippen molar-refractivity contribution in [1.82, 2.24) is 9.71 Å². The molecule has 15 heavy (non-hydrogen) atoms. The van der Waals surface area contributed by atoms with Gasteiger partial charge in [0, 0.05) is 5.38 Å². The Hall–Kier alpha value is -0.970. The number of nitrogens with zero attached hydrogens (tertiary/aromatic N) is 2. The van der Waals surface area contributed by atoms with Crippen LogP contribution in [0.1, 0.15) is 17.6 Å². The molecule has 0 radical (unpaired) electrons. The minimum absolute atomic E-state index is 0.138. The largest absolute Gasteiger partial charge is 0.245 e. The molecule has 1 rings (SSSR count). The normalized spacial score (nSPS) is 13.4. The minimum Gasteiger partial charge on any atom is -0.245 e. The number of nitrogens with one attached hydrogen (secondary N) is 1. The molecule has 82 valence electrons. The number of rotatable bonds is 4. The Balaban J connectivity index is 2.62. The molecule has 0 saturated carbocycles. The molecule has 0 spiro atoms. The van der Waals surface area contributed by atoms with Gasteiger partial charge in [-0.2, -0.15) is 5.26 Å². The number of hydrogen-bond donors (Lipinski definition) is 1. The second-order valence-electron chi connectivity index (χ2n) is 3.00. The summed E-state index contributed by atoms with van der Waals surface area (Å²) in [6.45, 7) is 3.33. The monoisotopic (exact) mass is 245 g/mol. The summed E-state index contributed by atoms with van der Waals surface area (Å²) in [5.74, 6) is 0. The van der Waals surface area contributed by atoms with Gasteiger partial charge in [-0.1, -0.05) is 0 Å². The van der Waals surface area contributed by atoms with Crippen LogP contribution in [-0.2, 0) is 16.6 Å². The molecule has 1 unspecified atom stereocenters. The summed E-state index contributed by atoms with van der Waals surface area (Å²) in [5.41, 5.74) is 0.672. The van der Waals surface area contributed by atoms with Crippen molar-refractivity contribution >= 4 is 21.4 Å². The molecule has 0 aliphatic carbocycles. The lowest BCUT2D eigenvalue weighted by molar-refractivity contribution is 0.576. The van der Waals surface area contributed by atoms with Gasteiger partial charge in [0.05, 0.1) is 23.3 Å². The molecular formula is C8H11N3O2S2. The maximum atomic E-state index is 11.4. The molecule has 1 heterocycles. The highest BCUT2D eigenvalue weighted by atomic mass is 32.2. The number of aromatic nitrogens is 1. The molecule has 0 fully saturated rings. The Labute approximate surface area is 92.8 Å². The van der Waals surface area contributed by atoms with Crippen LogP contribution >= 0.6 is 11.3 Å². The van der Waals surface area contributed by atoms with E-state index in [1.807, 2.05) is 6.92 Å². The molecule has 7 heteroatoms. The SMILES string of the molecule is Cc1nc(CNS(=O)(=O)C(C)C#N)cs1. The van der Waals surface area contributed by atoms with Crippen molar-refractivity contribution in [1.29, 1.82) is 5.26 Å². The molecule has 0 amide bonds. The molecule has 5 nitrogen and oxygen atoms in total. The van der Waals surface area contributed by atoms with Crippen molar-refractivity contribution in [2.45, 2.75) is 25.6 Å². The maximum Gasteiger partial charge on any atom is 0.228 e. The van der Waals surface area contributed by atoms with Gasteiger partial charge in [0.25, 0.3) is 0 Å². The van der Waals surface area contributed by atoms with Gasteiger partial charge in [0.15, 0.2) is 5.25 Å². The highest BCUT2D eigenvalue weighted by Crippen LogP contribution is 2.08. The number of nitriles is 1. The van der Waals surface area contributed by atoms with Gasteiger partial charge in [0.1, 0.15) is 0 Å². The van der Waals surface area contributed by atoms with Crippen molar-refractivity contribution in [2.24, 2.45) is 0 Å². The molecule has 0 saturated heterocycles. The van der Waals surface area contributed by atoms with E-state index in [1.54, 1.807) is 11.4 Å². The fourth-order valence-electron chi connectivity index (χ4n) is 0.858. The molecular weight excluding hydrogens is 234 g/mol. The summed E-state index contributed by atoms with van der Waals surface area (Å²) < 4.78 is 25.1. The van der Waals surface area contributed by atoms with Crippen LogP contribution in [0.2, 0.25) is 0 Å². The number of aryl methyl sites for hydroxylation is 1. The summed E-state index contributed by atoms with van der Waals surface area (Å²) in [4.78, 5) is 4.11. The molecule has 0 aromatic carbocycles. The predicted octanol–water partition coefficient (Wildman–Crippen LogP) is 0.783. The number of hydrogen-bond acceptors (Lipinski definition) is 5. The molecule has 1 N–H and O–H groups in total. The highest BCUT2D eigenvalue weighted by molar-refractivity contribution is 7.90. The van der Waals surface area contributed by atoms with Crippen LogP contribution in [0.3, 0.4) is 0 Å². The van der Waals surface area contributed by atoms with Gasteiger partial charge >= 0.3 is 0 Å². The standard InChI is InChI=1S/C8H11N3O2S2/c1-6(3-9)15(12,13)10-4-8-5-14-7(2)11-8/h5-6,10H,4H2,1-2H3. The molecule has 0 aliphatic rings. The fourth-order valence-corrected chi connectivity index (χ4v) is 2.21. The maximum absolute atomic E-state index is 11.4. The number of thiazole rings is 1. The van der Waals surface area contributed by atoms with Crippen LogP contribution in [-0.4, -0.2) is 18.7 Å². The summed E-state index contributed by atoms with van der Waals surface area (Å²) in [7, 11) is -3.55. The van der Waals surface area contributed by atoms with Crippen LogP contribution in [0.4, 0.5) is 0 Å². The fraction of sp³-hybridized carbons (Fsp3) is 0.500. The van der Waals surface area contributed by atoms with Crippen LogP contribution in [0, 0.1) is 18.3 Å². The Morgan fingerprint density at radius 1 is 1.73 bits per heavy atom. The number of sulfonamides is 1. The average molecular weight is 245 g/mol. The van der Waals surface area contributed by atoms with E-state index in [-0.39, 0.29) is 6.54 Å². The minimum atomic E-state index is -3.55. The molecule has 0 aliphatic heterocycles. The van der Waals surface area contributed by atoms with E-state index in [9.17, 15) is 8.42 Å². The average Bonchev–Trinajstić information content (AvgIpc) is 2.60. The van der Waals surface area contributed by atoms with E-state index < -0.39 is 15.3 Å². The third-order valence-corrected chi connectivity index (χ3v) is 4.17. The molecule has 1 aromatic rings. The Morgan fingerprint density at radius 3 is 2.87 bits per heavy atom. The van der Waals surface area contributed by atoms with E-state index in [2.05, 4.69) is 9.71 Å². The van der Waals surface area contributed by atoms with Gasteiger partial charge in [0.2, 0.25) is 10.0 Å². The molecule has 1 atom stereocenters. The lowest BCUT2D eigenvalue weighted by Gasteiger charge is -2.05. The van der Waals surface area contributed by atoms with Crippen molar-refractivity contribution in [3.63, 3.8) is 0 Å². The summed E-state index contributed by atoms with van der Waals surface area (Å²) in [6.07, 6.45) is 0. The second kappa shape index (κ2) is 4.70. The third kappa shape index (κ3) is 3.27. The van der Waals surface area contributed by atoms with Gasteiger partial charge in [-0.25, -0.2) is 18.1 Å². The van der Waals surface area contributed by atoms with Crippen LogP contribution in [0.25, 0.3) is 0 Å². The van der Waals surface area contributed by atoms with E-state index >= 15 is 0 Å². The Bertz CT molecular complexity index is 472. The topological polar surface area (TPSA) is 82.8 Å². The second-order valence-corrected chi connectivity index (χ2v) is 6.14. The first kappa shape index (κ1) is 12.1. The van der Waals surface area contributed by atoms with Gasteiger partial charge in [-0.15, -0.1) is 11.3 Å². The van der Waals surface area contributed by atoms with Gasteiger partial charge < -0.3 is 0 Å². The van der Waals surface area contributed by atoms with Gasteiger partial charge in [-0.05, 0) is 13.8 Å². The quantitative estimate of drug-likeness (QED) is 0.849. The first-order chi connectivity index (χ1) is 6.95. The zero-order chi connectivity index (χ0) is 11.5. The van der Waals surface area contributed by atoms with Crippen LogP contribution in [0.15, 0.2) is 5.38 Å². The van der Waals surface area contributed by atoms with Crippen molar-refractivity contribution in [3.8, 4) is 6.07 Å². The van der Waals surface area contributed by atoms with Gasteiger partial charge in [-0.3, -0.25) is 0 Å². The molecule has 1 aromatic heterocycles. The summed E-state index contributed by atoms with van der Waals surface area (Å²) >= 11 is 1.46. The Morgan fingerprint density at radius 2 is 2.40 bits per heavy atom. The van der Waals surface area contributed by atoms with Crippen molar-refractivity contribution in [2.75, 3.05) is 0 Å². The first-order valence-corrected chi connectivity index (χ1v) is 6.67. The smallest absolute Gasteiger partial charge is 0.228 e. The molecule has 0 bridgehead atoms. The summed E-state index contributed by atoms with van der Waals surface area (Å²) in [6, 6.07) is 1.68. The lowest BCUT2D eigenvalue weighted by Crippen LogP contribution is -2.31. The van der Waals surface area contributed by atoms with Crippen molar-refractivity contribution < 1.29 is 8.42 Å². The Kier molecular flexibility index (Phi) is 3.79. The lowest BCUT2D eigenvalue weighted by atomic mass is 10.5. The van der Waals surface area contributed by atoms with E-state index in [1.165, 1.54) is 18.3 Å². The van der Waals surface area contributed by atoms with E-state index in [0.717, 1.165) is 5.01 Å². The van der Waals surface area contributed by atoms with Crippen LogP contribution < -0.4 is 4.72 Å².